The molecule has 3 rings (SSSR count). The standard InChI is InChI=1S/C18H24N4O/c1-3-14-7-4-5-9-16(14)22-18-11-17(20-13(2)21-18)19-12-15-8-6-10-23-15/h4-5,7,9,11,15H,3,6,8,10,12H2,1-2H3,(H2,19,20,21,22). The van der Waals surface area contributed by atoms with Gasteiger partial charge in [-0.2, -0.15) is 0 Å². The molecule has 122 valence electrons. The first-order valence-corrected chi connectivity index (χ1v) is 8.30. The highest BCUT2D eigenvalue weighted by molar-refractivity contribution is 5.62. The van der Waals surface area contributed by atoms with Crippen molar-refractivity contribution in [3.8, 4) is 0 Å². The highest BCUT2D eigenvalue weighted by atomic mass is 16.5. The molecule has 2 N–H and O–H groups in total. The average Bonchev–Trinajstić information content (AvgIpc) is 3.06. The van der Waals surface area contributed by atoms with E-state index in [0.29, 0.717) is 6.10 Å². The molecule has 1 atom stereocenters. The molecule has 2 heterocycles. The monoisotopic (exact) mass is 312 g/mol. The number of nitrogens with zero attached hydrogens (tertiary/aromatic N) is 2. The van der Waals surface area contributed by atoms with Crippen LogP contribution in [0.25, 0.3) is 0 Å². The van der Waals surface area contributed by atoms with Gasteiger partial charge in [0, 0.05) is 24.9 Å². The zero-order valence-electron chi connectivity index (χ0n) is 13.8. The Morgan fingerprint density at radius 1 is 1.22 bits per heavy atom. The van der Waals surface area contributed by atoms with Crippen LogP contribution in [0.3, 0.4) is 0 Å². The van der Waals surface area contributed by atoms with Gasteiger partial charge >= 0.3 is 0 Å². The Balaban J connectivity index is 1.71. The summed E-state index contributed by atoms with van der Waals surface area (Å²) in [4.78, 5) is 8.95. The van der Waals surface area contributed by atoms with Gasteiger partial charge in [-0.3, -0.25) is 0 Å². The summed E-state index contributed by atoms with van der Waals surface area (Å²) in [5.41, 5.74) is 2.37. The topological polar surface area (TPSA) is 59.1 Å². The van der Waals surface area contributed by atoms with E-state index < -0.39 is 0 Å². The number of hydrogen-bond acceptors (Lipinski definition) is 5. The Labute approximate surface area is 137 Å². The molecule has 0 radical (unpaired) electrons. The number of benzene rings is 1. The predicted octanol–water partition coefficient (Wildman–Crippen LogP) is 3.68. The van der Waals surface area contributed by atoms with Crippen molar-refractivity contribution in [3.63, 3.8) is 0 Å². The second-order valence-electron chi connectivity index (χ2n) is 5.84. The zero-order chi connectivity index (χ0) is 16.1. The average molecular weight is 312 g/mol. The molecule has 5 heteroatoms. The fraction of sp³-hybridized carbons (Fsp3) is 0.444. The van der Waals surface area contributed by atoms with Gasteiger partial charge in [0.25, 0.3) is 0 Å². The van der Waals surface area contributed by atoms with Gasteiger partial charge in [0.2, 0.25) is 0 Å². The zero-order valence-corrected chi connectivity index (χ0v) is 13.8. The molecule has 1 saturated heterocycles. The summed E-state index contributed by atoms with van der Waals surface area (Å²) in [5.74, 6) is 2.40. The molecule has 5 nitrogen and oxygen atoms in total. The van der Waals surface area contributed by atoms with Crippen LogP contribution in [-0.2, 0) is 11.2 Å². The van der Waals surface area contributed by atoms with Gasteiger partial charge in [0.15, 0.2) is 0 Å². The molecule has 0 saturated carbocycles. The third-order valence-corrected chi connectivity index (χ3v) is 4.03. The molecule has 1 fully saturated rings. The maximum absolute atomic E-state index is 5.64. The minimum Gasteiger partial charge on any atom is -0.376 e. The largest absolute Gasteiger partial charge is 0.376 e. The van der Waals surface area contributed by atoms with Gasteiger partial charge in [-0.15, -0.1) is 0 Å². The SMILES string of the molecule is CCc1ccccc1Nc1cc(NCC2CCCO2)nc(C)n1. The number of rotatable bonds is 6. The third-order valence-electron chi connectivity index (χ3n) is 4.03. The quantitative estimate of drug-likeness (QED) is 0.852. The second kappa shape index (κ2) is 7.42. The maximum Gasteiger partial charge on any atom is 0.136 e. The number of ether oxygens (including phenoxy) is 1. The predicted molar refractivity (Wildman–Crippen MR) is 93.3 cm³/mol. The molecule has 0 bridgehead atoms. The molecule has 0 aliphatic carbocycles. The Bertz CT molecular complexity index is 653. The summed E-state index contributed by atoms with van der Waals surface area (Å²) in [7, 11) is 0. The maximum atomic E-state index is 5.64. The molecule has 2 aromatic rings. The van der Waals surface area contributed by atoms with Crippen LogP contribution in [0.1, 0.15) is 31.2 Å². The van der Waals surface area contributed by atoms with Crippen LogP contribution in [0.4, 0.5) is 17.3 Å². The molecular formula is C18H24N4O. The Morgan fingerprint density at radius 3 is 2.83 bits per heavy atom. The van der Waals surface area contributed by atoms with E-state index in [1.165, 1.54) is 5.56 Å². The lowest BCUT2D eigenvalue weighted by Gasteiger charge is -2.14. The molecular weight excluding hydrogens is 288 g/mol. The molecule has 23 heavy (non-hydrogen) atoms. The Morgan fingerprint density at radius 2 is 2.04 bits per heavy atom. The van der Waals surface area contributed by atoms with Crippen molar-refractivity contribution in [2.24, 2.45) is 0 Å². The summed E-state index contributed by atoms with van der Waals surface area (Å²) in [5, 5.41) is 6.78. The van der Waals surface area contributed by atoms with Crippen LogP contribution in [0.2, 0.25) is 0 Å². The summed E-state index contributed by atoms with van der Waals surface area (Å²) >= 11 is 0. The van der Waals surface area contributed by atoms with Crippen molar-refractivity contribution in [2.45, 2.75) is 39.2 Å². The smallest absolute Gasteiger partial charge is 0.136 e. The normalized spacial score (nSPS) is 17.2. The van der Waals surface area contributed by atoms with Crippen molar-refractivity contribution >= 4 is 17.3 Å². The molecule has 0 amide bonds. The number of aryl methyl sites for hydroxylation is 2. The molecule has 1 aliphatic rings. The summed E-state index contributed by atoms with van der Waals surface area (Å²) in [6.45, 7) is 5.73. The van der Waals surface area contributed by atoms with Gasteiger partial charge in [0.05, 0.1) is 6.10 Å². The first-order valence-electron chi connectivity index (χ1n) is 8.30. The van der Waals surface area contributed by atoms with Gasteiger partial charge < -0.3 is 15.4 Å². The molecule has 0 spiro atoms. The number of para-hydroxylation sites is 1. The first kappa shape index (κ1) is 15.7. The Kier molecular flexibility index (Phi) is 5.08. The van der Waals surface area contributed by atoms with Crippen LogP contribution in [-0.4, -0.2) is 29.2 Å². The van der Waals surface area contributed by atoms with Gasteiger partial charge in [-0.05, 0) is 37.8 Å². The van der Waals surface area contributed by atoms with E-state index in [9.17, 15) is 0 Å². The number of hydrogen-bond donors (Lipinski definition) is 2. The van der Waals surface area contributed by atoms with Crippen LogP contribution >= 0.6 is 0 Å². The molecule has 1 aromatic heterocycles. The lowest BCUT2D eigenvalue weighted by atomic mass is 10.1. The van der Waals surface area contributed by atoms with Crippen molar-refractivity contribution in [2.75, 3.05) is 23.8 Å². The molecule has 1 aliphatic heterocycles. The lowest BCUT2D eigenvalue weighted by molar-refractivity contribution is 0.120. The van der Waals surface area contributed by atoms with Gasteiger partial charge in [0.1, 0.15) is 17.5 Å². The van der Waals surface area contributed by atoms with Crippen molar-refractivity contribution in [1.82, 2.24) is 9.97 Å². The molecule has 1 unspecified atom stereocenters. The van der Waals surface area contributed by atoms with Crippen molar-refractivity contribution in [3.05, 3.63) is 41.7 Å². The van der Waals surface area contributed by atoms with Crippen LogP contribution in [0.15, 0.2) is 30.3 Å². The fourth-order valence-electron chi connectivity index (χ4n) is 2.83. The highest BCUT2D eigenvalue weighted by Gasteiger charge is 2.15. The lowest BCUT2D eigenvalue weighted by Crippen LogP contribution is -2.19. The van der Waals surface area contributed by atoms with Crippen LogP contribution < -0.4 is 10.6 Å². The van der Waals surface area contributed by atoms with E-state index >= 15 is 0 Å². The van der Waals surface area contributed by atoms with E-state index in [4.69, 9.17) is 4.74 Å². The highest BCUT2D eigenvalue weighted by Crippen LogP contribution is 2.22. The van der Waals surface area contributed by atoms with E-state index in [-0.39, 0.29) is 0 Å². The van der Waals surface area contributed by atoms with E-state index in [1.807, 2.05) is 19.1 Å². The number of anilines is 3. The Hall–Kier alpha value is -2.14. The third kappa shape index (κ3) is 4.20. The molecule has 1 aromatic carbocycles. The van der Waals surface area contributed by atoms with E-state index in [0.717, 1.165) is 55.6 Å². The summed E-state index contributed by atoms with van der Waals surface area (Å²) < 4.78 is 5.64. The van der Waals surface area contributed by atoms with Gasteiger partial charge in [-0.25, -0.2) is 9.97 Å². The van der Waals surface area contributed by atoms with Gasteiger partial charge in [-0.1, -0.05) is 25.1 Å². The van der Waals surface area contributed by atoms with Crippen molar-refractivity contribution < 1.29 is 4.74 Å². The van der Waals surface area contributed by atoms with Crippen molar-refractivity contribution in [1.29, 1.82) is 0 Å². The fourth-order valence-corrected chi connectivity index (χ4v) is 2.83. The minimum absolute atomic E-state index is 0.294. The summed E-state index contributed by atoms with van der Waals surface area (Å²) in [6.07, 6.45) is 3.54. The first-order chi connectivity index (χ1) is 11.2. The van der Waals surface area contributed by atoms with E-state index in [2.05, 4.69) is 45.7 Å². The summed E-state index contributed by atoms with van der Waals surface area (Å²) in [6, 6.07) is 10.3. The van der Waals surface area contributed by atoms with Crippen LogP contribution in [0, 0.1) is 6.92 Å². The second-order valence-corrected chi connectivity index (χ2v) is 5.84. The number of nitrogens with one attached hydrogen (secondary N) is 2. The van der Waals surface area contributed by atoms with E-state index in [1.54, 1.807) is 0 Å². The minimum atomic E-state index is 0.294. The number of aromatic nitrogens is 2. The van der Waals surface area contributed by atoms with Crippen LogP contribution in [0.5, 0.6) is 0 Å².